The third-order valence-electron chi connectivity index (χ3n) is 7.73. The molecule has 205 valence electrons. The van der Waals surface area contributed by atoms with Gasteiger partial charge in [-0.3, -0.25) is 0 Å². The molecule has 0 fully saturated rings. The Kier molecular flexibility index (Phi) is 7.70. The molecule has 38 heavy (non-hydrogen) atoms. The van der Waals surface area contributed by atoms with Gasteiger partial charge in [0.2, 0.25) is 0 Å². The zero-order valence-corrected chi connectivity index (χ0v) is 27.1. The predicted molar refractivity (Wildman–Crippen MR) is 170 cm³/mol. The smallest absolute Gasteiger partial charge is 0.00205 e. The molecule has 0 aliphatic heterocycles. The molecule has 0 nitrogen and oxygen atoms in total. The van der Waals surface area contributed by atoms with Gasteiger partial charge in [0.1, 0.15) is 0 Å². The molecular weight excluding hydrogens is 456 g/mol. The van der Waals surface area contributed by atoms with Crippen molar-refractivity contribution in [2.45, 2.75) is 131 Å². The molecule has 0 aliphatic carbocycles. The van der Waals surface area contributed by atoms with Crippen LogP contribution in [0.15, 0.2) is 48.5 Å². The topological polar surface area (TPSA) is 0 Å². The largest absolute Gasteiger partial charge is 0.0579 e. The van der Waals surface area contributed by atoms with Crippen molar-refractivity contribution < 1.29 is 0 Å². The molecular formula is C38H53. The maximum absolute atomic E-state index is 3.76. The first-order chi connectivity index (χ1) is 17.0. The summed E-state index contributed by atoms with van der Waals surface area (Å²) in [6, 6.07) is 22.5. The fourth-order valence-electron chi connectivity index (χ4n) is 5.31. The highest BCUT2D eigenvalue weighted by Gasteiger charge is 2.30. The van der Waals surface area contributed by atoms with Crippen molar-refractivity contribution in [2.75, 3.05) is 0 Å². The zero-order chi connectivity index (χ0) is 29.1. The molecule has 0 unspecified atom stereocenters. The summed E-state index contributed by atoms with van der Waals surface area (Å²) in [6.45, 7) is 34.9. The van der Waals surface area contributed by atoms with E-state index >= 15 is 0 Å². The first-order valence-electron chi connectivity index (χ1n) is 14.4. The minimum Gasteiger partial charge on any atom is -0.0579 e. The summed E-state index contributed by atoms with van der Waals surface area (Å²) in [4.78, 5) is 0. The molecule has 0 aliphatic rings. The highest BCUT2D eigenvalue weighted by molar-refractivity contribution is 5.89. The van der Waals surface area contributed by atoms with Crippen molar-refractivity contribution in [3.8, 4) is 22.3 Å². The van der Waals surface area contributed by atoms with Gasteiger partial charge in [-0.25, -0.2) is 0 Å². The van der Waals surface area contributed by atoms with Crippen LogP contribution < -0.4 is 0 Å². The molecule has 0 heteroatoms. The van der Waals surface area contributed by atoms with Gasteiger partial charge in [0.05, 0.1) is 0 Å². The Hall–Kier alpha value is -2.34. The minimum atomic E-state index is -0.00964. The highest BCUT2D eigenvalue weighted by atomic mass is 14.3. The molecule has 3 aromatic carbocycles. The Balaban J connectivity index is 2.53. The molecule has 0 amide bonds. The summed E-state index contributed by atoms with van der Waals surface area (Å²) in [5.74, 6) is 0. The molecule has 3 aromatic rings. The van der Waals surface area contributed by atoms with Crippen LogP contribution in [-0.4, -0.2) is 0 Å². The van der Waals surface area contributed by atoms with Gasteiger partial charge in [0.25, 0.3) is 0 Å². The fraction of sp³-hybridized carbons (Fsp3) is 0.526. The SMILES string of the molecule is CC(C)(C)c1ccc(-c2[c]ccc(C(C)(C)C)c2-c2ccc(C(C)(C)C)cc2C(C)(C)C)c(C(C)(C)C)c1. The van der Waals surface area contributed by atoms with Crippen LogP contribution >= 0.6 is 0 Å². The average Bonchev–Trinajstić information content (AvgIpc) is 2.74. The quantitative estimate of drug-likeness (QED) is 0.322. The summed E-state index contributed by atoms with van der Waals surface area (Å²) >= 11 is 0. The lowest BCUT2D eigenvalue weighted by molar-refractivity contribution is 0.567. The summed E-state index contributed by atoms with van der Waals surface area (Å²) in [5.41, 5.74) is 12.3. The second kappa shape index (κ2) is 9.69. The van der Waals surface area contributed by atoms with Gasteiger partial charge in [0.15, 0.2) is 0 Å². The van der Waals surface area contributed by atoms with Gasteiger partial charge >= 0.3 is 0 Å². The van der Waals surface area contributed by atoms with E-state index in [1.54, 1.807) is 0 Å². The van der Waals surface area contributed by atoms with Crippen LogP contribution in [0.5, 0.6) is 0 Å². The van der Waals surface area contributed by atoms with Crippen molar-refractivity contribution in [1.29, 1.82) is 0 Å². The van der Waals surface area contributed by atoms with Gasteiger partial charge < -0.3 is 0 Å². The fourth-order valence-corrected chi connectivity index (χ4v) is 5.31. The van der Waals surface area contributed by atoms with Crippen molar-refractivity contribution >= 4 is 0 Å². The van der Waals surface area contributed by atoms with Gasteiger partial charge in [-0.2, -0.15) is 0 Å². The first-order valence-corrected chi connectivity index (χ1v) is 14.4. The van der Waals surface area contributed by atoms with Gasteiger partial charge in [0, 0.05) is 0 Å². The highest BCUT2D eigenvalue weighted by Crippen LogP contribution is 2.47. The summed E-state index contributed by atoms with van der Waals surface area (Å²) in [6.07, 6.45) is 0. The number of rotatable bonds is 2. The Morgan fingerprint density at radius 1 is 0.421 bits per heavy atom. The van der Waals surface area contributed by atoms with Crippen LogP contribution in [0.25, 0.3) is 22.3 Å². The summed E-state index contributed by atoms with van der Waals surface area (Å²) < 4.78 is 0. The third-order valence-corrected chi connectivity index (χ3v) is 7.73. The van der Waals surface area contributed by atoms with Crippen molar-refractivity contribution in [3.05, 3.63) is 82.4 Å². The van der Waals surface area contributed by atoms with Gasteiger partial charge in [-0.1, -0.05) is 152 Å². The lowest BCUT2D eigenvalue weighted by atomic mass is 9.71. The van der Waals surface area contributed by atoms with Crippen LogP contribution in [0.4, 0.5) is 0 Å². The van der Waals surface area contributed by atoms with E-state index in [-0.39, 0.29) is 27.1 Å². The van der Waals surface area contributed by atoms with Crippen LogP contribution in [0.3, 0.4) is 0 Å². The van der Waals surface area contributed by atoms with Crippen LogP contribution in [0, 0.1) is 6.07 Å². The van der Waals surface area contributed by atoms with E-state index < -0.39 is 0 Å². The maximum Gasteiger partial charge on any atom is -0.00205 e. The number of hydrogen-bond acceptors (Lipinski definition) is 0. The number of hydrogen-bond donors (Lipinski definition) is 0. The Labute approximate surface area is 235 Å². The first kappa shape index (κ1) is 30.2. The second-order valence-corrected chi connectivity index (χ2v) is 16.4. The third kappa shape index (κ3) is 6.27. The molecule has 0 aromatic heterocycles. The van der Waals surface area contributed by atoms with Crippen molar-refractivity contribution in [2.24, 2.45) is 0 Å². The molecule has 0 saturated heterocycles. The average molecular weight is 510 g/mol. The van der Waals surface area contributed by atoms with Crippen molar-refractivity contribution in [3.63, 3.8) is 0 Å². The monoisotopic (exact) mass is 509 g/mol. The molecule has 3 rings (SSSR count). The van der Waals surface area contributed by atoms with Crippen molar-refractivity contribution in [1.82, 2.24) is 0 Å². The lowest BCUT2D eigenvalue weighted by Crippen LogP contribution is -2.20. The van der Waals surface area contributed by atoms with E-state index in [9.17, 15) is 0 Å². The normalized spacial score (nSPS) is 13.7. The number of benzene rings is 3. The summed E-state index contributed by atoms with van der Waals surface area (Å²) in [7, 11) is 0. The molecule has 0 N–H and O–H groups in total. The molecule has 0 spiro atoms. The van der Waals surface area contributed by atoms with E-state index in [0.29, 0.717) is 0 Å². The maximum atomic E-state index is 3.76. The van der Waals surface area contributed by atoms with E-state index in [1.165, 1.54) is 50.1 Å². The van der Waals surface area contributed by atoms with Crippen LogP contribution in [0.2, 0.25) is 0 Å². The summed E-state index contributed by atoms with van der Waals surface area (Å²) in [5, 5.41) is 0. The minimum absolute atomic E-state index is 0.00179. The predicted octanol–water partition coefficient (Wildman–Crippen LogP) is 11.3. The second-order valence-electron chi connectivity index (χ2n) is 16.4. The Bertz CT molecular complexity index is 1300. The van der Waals surface area contributed by atoms with Crippen LogP contribution in [0.1, 0.15) is 132 Å². The van der Waals surface area contributed by atoms with Gasteiger partial charge in [-0.05, 0) is 83.2 Å². The van der Waals surface area contributed by atoms with E-state index in [1.807, 2.05) is 0 Å². The van der Waals surface area contributed by atoms with Gasteiger partial charge in [-0.15, -0.1) is 0 Å². The van der Waals surface area contributed by atoms with E-state index in [0.717, 1.165) is 0 Å². The molecule has 0 bridgehead atoms. The van der Waals surface area contributed by atoms with Crippen LogP contribution in [-0.2, 0) is 27.1 Å². The molecule has 0 atom stereocenters. The molecule has 0 saturated carbocycles. The molecule has 1 radical (unpaired) electrons. The Morgan fingerprint density at radius 2 is 0.816 bits per heavy atom. The van der Waals surface area contributed by atoms with E-state index in [2.05, 4.69) is 158 Å². The standard InChI is InChI=1S/C38H53/c1-34(2,3)25-19-21-27(31(23-25)37(10,11)12)28-17-16-18-30(36(7,8)9)33(28)29-22-20-26(35(4,5)6)24-32(29)38(13,14)15/h16,18-24H,1-15H3. The Morgan fingerprint density at radius 3 is 1.21 bits per heavy atom. The lowest BCUT2D eigenvalue weighted by Gasteiger charge is -2.33. The molecule has 0 heterocycles. The zero-order valence-electron chi connectivity index (χ0n) is 27.1. The van der Waals surface area contributed by atoms with E-state index in [4.69, 9.17) is 0 Å².